The molecule has 2 heterocycles. The maximum absolute atomic E-state index is 9.99. The third-order valence-electron chi connectivity index (χ3n) is 5.21. The molecule has 0 unspecified atom stereocenters. The Hall–Kier alpha value is -2.41. The number of nitrogens with zero attached hydrogens (tertiary/aromatic N) is 3. The minimum Gasteiger partial charge on any atom is -0.386 e. The van der Waals surface area contributed by atoms with Gasteiger partial charge in [-0.1, -0.05) is 29.8 Å². The molecular weight excluding hydrogens is 292 g/mol. The van der Waals surface area contributed by atoms with Crippen LogP contribution in [-0.2, 0) is 9.47 Å². The van der Waals surface area contributed by atoms with Gasteiger partial charge in [-0.15, -0.1) is 0 Å². The number of aliphatic imine (C=N–C) groups is 1. The number of benzene rings is 1. The van der Waals surface area contributed by atoms with Crippen molar-refractivity contribution >= 4 is 5.84 Å². The lowest BCUT2D eigenvalue weighted by Gasteiger charge is -2.26. The van der Waals surface area contributed by atoms with Crippen LogP contribution >= 0.6 is 0 Å². The second-order valence-corrected chi connectivity index (χ2v) is 6.50. The fourth-order valence-electron chi connectivity index (χ4n) is 4.12. The molecule has 1 spiro atoms. The summed E-state index contributed by atoms with van der Waals surface area (Å²) in [6.07, 6.45) is -0.203. The number of fused-ring (bicyclic) bond motifs is 2. The molecule has 0 aromatic heterocycles. The lowest BCUT2D eigenvalue weighted by atomic mass is 9.93. The van der Waals surface area contributed by atoms with Crippen molar-refractivity contribution in [3.05, 3.63) is 35.4 Å². The lowest BCUT2D eigenvalue weighted by molar-refractivity contribution is -0.193. The van der Waals surface area contributed by atoms with Crippen molar-refractivity contribution < 1.29 is 9.47 Å². The summed E-state index contributed by atoms with van der Waals surface area (Å²) in [6, 6.07) is 12.3. The number of nitrogens with two attached hydrogens (primary N) is 1. The standard InChI is InChI=1S/C17H16N4O2/c1-10-3-5-12(6-4-10)13-15(8-18)14(20)21-17(16(13,15)9-19)22-7-11(2)23-17/h3-6,11,13H,7H2,1-2H3,(H2,20,21)/t11-,13-,15+,16+,17+/m0/s1. The molecule has 5 atom stereocenters. The first kappa shape index (κ1) is 14.2. The second-order valence-electron chi connectivity index (χ2n) is 6.50. The van der Waals surface area contributed by atoms with Crippen LogP contribution in [0.1, 0.15) is 24.0 Å². The summed E-state index contributed by atoms with van der Waals surface area (Å²) in [5, 5.41) is 19.8. The van der Waals surface area contributed by atoms with E-state index in [0.29, 0.717) is 6.61 Å². The number of hydrogen-bond acceptors (Lipinski definition) is 6. The predicted molar refractivity (Wildman–Crippen MR) is 80.9 cm³/mol. The number of aryl methyl sites for hydroxylation is 1. The van der Waals surface area contributed by atoms with Gasteiger partial charge in [0.05, 0.1) is 24.8 Å². The van der Waals surface area contributed by atoms with Crippen molar-refractivity contribution in [2.24, 2.45) is 21.6 Å². The van der Waals surface area contributed by atoms with Crippen molar-refractivity contribution in [1.82, 2.24) is 0 Å². The van der Waals surface area contributed by atoms with E-state index >= 15 is 0 Å². The molecule has 0 radical (unpaired) electrons. The Kier molecular flexibility index (Phi) is 2.54. The normalized spacial score (nSPS) is 43.6. The SMILES string of the molecule is Cc1ccc([C@@H]2[C@@]3(C#N)[C@@]4(N=C(N)[C@@]23C#N)OC[C@H](C)O4)cc1. The molecule has 0 amide bonds. The molecule has 1 aromatic carbocycles. The van der Waals surface area contributed by atoms with E-state index in [-0.39, 0.29) is 11.9 Å². The molecule has 1 saturated carbocycles. The van der Waals surface area contributed by atoms with Crippen LogP contribution in [0.3, 0.4) is 0 Å². The van der Waals surface area contributed by atoms with Gasteiger partial charge in [-0.3, -0.25) is 0 Å². The van der Waals surface area contributed by atoms with Crippen molar-refractivity contribution in [2.45, 2.75) is 31.8 Å². The number of rotatable bonds is 1. The highest BCUT2D eigenvalue weighted by molar-refractivity contribution is 6.00. The number of ether oxygens (including phenoxy) is 2. The number of nitriles is 2. The molecule has 3 aliphatic rings. The third-order valence-corrected chi connectivity index (χ3v) is 5.21. The Morgan fingerprint density at radius 1 is 1.26 bits per heavy atom. The van der Waals surface area contributed by atoms with Crippen LogP contribution in [0.25, 0.3) is 0 Å². The van der Waals surface area contributed by atoms with Crippen LogP contribution in [0.4, 0.5) is 0 Å². The molecule has 0 bridgehead atoms. The number of amidine groups is 1. The molecule has 6 nitrogen and oxygen atoms in total. The molecule has 116 valence electrons. The van der Waals surface area contributed by atoms with Crippen molar-refractivity contribution in [2.75, 3.05) is 6.61 Å². The van der Waals surface area contributed by atoms with Gasteiger partial charge < -0.3 is 15.2 Å². The van der Waals surface area contributed by atoms with Crippen LogP contribution in [-0.4, -0.2) is 24.5 Å². The molecule has 4 rings (SSSR count). The third kappa shape index (κ3) is 1.33. The summed E-state index contributed by atoms with van der Waals surface area (Å²) in [4.78, 5) is 4.28. The van der Waals surface area contributed by atoms with E-state index < -0.39 is 22.7 Å². The Labute approximate surface area is 134 Å². The average Bonchev–Trinajstić information content (AvgIpc) is 2.92. The van der Waals surface area contributed by atoms with E-state index in [0.717, 1.165) is 11.1 Å². The predicted octanol–water partition coefficient (Wildman–Crippen LogP) is 1.57. The zero-order chi connectivity index (χ0) is 16.5. The molecule has 6 heteroatoms. The minimum atomic E-state index is -1.48. The average molecular weight is 308 g/mol. The molecule has 2 aliphatic heterocycles. The Bertz CT molecular complexity index is 805. The van der Waals surface area contributed by atoms with E-state index in [4.69, 9.17) is 15.2 Å². The summed E-state index contributed by atoms with van der Waals surface area (Å²) in [7, 11) is 0. The highest BCUT2D eigenvalue weighted by atomic mass is 16.8. The van der Waals surface area contributed by atoms with Gasteiger partial charge in [0.15, 0.2) is 5.41 Å². The van der Waals surface area contributed by atoms with Crippen LogP contribution in [0.15, 0.2) is 29.3 Å². The maximum atomic E-state index is 9.99. The molecule has 1 aromatic rings. The van der Waals surface area contributed by atoms with E-state index in [1.165, 1.54) is 0 Å². The largest absolute Gasteiger partial charge is 0.386 e. The zero-order valence-electron chi connectivity index (χ0n) is 12.9. The summed E-state index contributed by atoms with van der Waals surface area (Å²) in [5.41, 5.74) is 5.65. The Morgan fingerprint density at radius 3 is 2.48 bits per heavy atom. The van der Waals surface area contributed by atoms with Crippen LogP contribution < -0.4 is 5.73 Å². The van der Waals surface area contributed by atoms with Crippen molar-refractivity contribution in [3.8, 4) is 12.1 Å². The molecule has 23 heavy (non-hydrogen) atoms. The first-order valence-corrected chi connectivity index (χ1v) is 7.54. The zero-order valence-corrected chi connectivity index (χ0v) is 12.9. The first-order valence-electron chi connectivity index (χ1n) is 7.54. The van der Waals surface area contributed by atoms with Gasteiger partial charge in [-0.25, -0.2) is 4.99 Å². The van der Waals surface area contributed by atoms with E-state index in [9.17, 15) is 10.5 Å². The second kappa shape index (κ2) is 4.11. The van der Waals surface area contributed by atoms with Gasteiger partial charge in [-0.05, 0) is 19.4 Å². The molecular formula is C17H16N4O2. The highest BCUT2D eigenvalue weighted by Gasteiger charge is 2.94. The highest BCUT2D eigenvalue weighted by Crippen LogP contribution is 2.82. The summed E-state index contributed by atoms with van der Waals surface area (Å²) in [5.74, 6) is -1.76. The van der Waals surface area contributed by atoms with Gasteiger partial charge in [0.1, 0.15) is 11.3 Å². The Morgan fingerprint density at radius 2 is 1.96 bits per heavy atom. The van der Waals surface area contributed by atoms with Crippen LogP contribution in [0.2, 0.25) is 0 Å². The quantitative estimate of drug-likeness (QED) is 0.848. The fraction of sp³-hybridized carbons (Fsp3) is 0.471. The molecule has 1 aliphatic carbocycles. The van der Waals surface area contributed by atoms with Crippen LogP contribution in [0.5, 0.6) is 0 Å². The lowest BCUT2D eigenvalue weighted by Crippen LogP contribution is -2.39. The van der Waals surface area contributed by atoms with Crippen molar-refractivity contribution in [1.29, 1.82) is 10.5 Å². The van der Waals surface area contributed by atoms with Gasteiger partial charge in [0.2, 0.25) is 0 Å². The van der Waals surface area contributed by atoms with Gasteiger partial charge in [0, 0.05) is 5.92 Å². The maximum Gasteiger partial charge on any atom is 0.293 e. The Balaban J connectivity index is 1.91. The smallest absolute Gasteiger partial charge is 0.293 e. The van der Waals surface area contributed by atoms with E-state index in [1.54, 1.807) is 0 Å². The summed E-state index contributed by atoms with van der Waals surface area (Å²) in [6.45, 7) is 4.16. The fourth-order valence-corrected chi connectivity index (χ4v) is 4.12. The van der Waals surface area contributed by atoms with Gasteiger partial charge >= 0.3 is 0 Å². The molecule has 2 N–H and O–H groups in total. The minimum absolute atomic E-state index is 0.126. The summed E-state index contributed by atoms with van der Waals surface area (Å²) >= 11 is 0. The van der Waals surface area contributed by atoms with Gasteiger partial charge in [-0.2, -0.15) is 10.5 Å². The van der Waals surface area contributed by atoms with Crippen molar-refractivity contribution in [3.63, 3.8) is 0 Å². The van der Waals surface area contributed by atoms with Crippen LogP contribution in [0, 0.1) is 40.4 Å². The molecule has 1 saturated heterocycles. The van der Waals surface area contributed by atoms with E-state index in [1.807, 2.05) is 38.1 Å². The van der Waals surface area contributed by atoms with Gasteiger partial charge in [0.25, 0.3) is 5.91 Å². The molecule has 2 fully saturated rings. The number of hydrogen-bond donors (Lipinski definition) is 1. The van der Waals surface area contributed by atoms with E-state index in [2.05, 4.69) is 17.1 Å². The summed E-state index contributed by atoms with van der Waals surface area (Å²) < 4.78 is 11.6. The topological polar surface area (TPSA) is 104 Å². The monoisotopic (exact) mass is 308 g/mol. The first-order chi connectivity index (χ1) is 11.0.